The van der Waals surface area contributed by atoms with Crippen LogP contribution in [-0.4, -0.2) is 19.7 Å². The summed E-state index contributed by atoms with van der Waals surface area (Å²) >= 11 is 0. The van der Waals surface area contributed by atoms with E-state index in [2.05, 4.69) is 27.3 Å². The van der Waals surface area contributed by atoms with Crippen molar-refractivity contribution in [1.29, 1.82) is 0 Å². The van der Waals surface area contributed by atoms with Crippen LogP contribution in [0.15, 0.2) is 24.8 Å². The first-order valence-electron chi connectivity index (χ1n) is 5.19. The van der Waals surface area contributed by atoms with Gasteiger partial charge in [-0.1, -0.05) is 0 Å². The molecule has 5 nitrogen and oxygen atoms in total. The Bertz CT molecular complexity index is 462. The van der Waals surface area contributed by atoms with Crippen LogP contribution in [0.5, 0.6) is 0 Å². The summed E-state index contributed by atoms with van der Waals surface area (Å²) in [6.07, 6.45) is 7.10. The molecule has 2 aromatic rings. The average Bonchev–Trinajstić information content (AvgIpc) is 2.59. The number of hydrogen-bond donors (Lipinski definition) is 1. The van der Waals surface area contributed by atoms with Gasteiger partial charge in [0.1, 0.15) is 0 Å². The lowest BCUT2D eigenvalue weighted by molar-refractivity contribution is 0.756. The zero-order chi connectivity index (χ0) is 11.5. The Hall–Kier alpha value is -1.91. The van der Waals surface area contributed by atoms with E-state index in [9.17, 15) is 0 Å². The van der Waals surface area contributed by atoms with Gasteiger partial charge in [0.2, 0.25) is 0 Å². The molecule has 5 heteroatoms. The second-order valence-corrected chi connectivity index (χ2v) is 3.80. The van der Waals surface area contributed by atoms with E-state index >= 15 is 0 Å². The molecule has 2 aromatic heterocycles. The maximum absolute atomic E-state index is 4.28. The highest BCUT2D eigenvalue weighted by Crippen LogP contribution is 2.18. The van der Waals surface area contributed by atoms with E-state index in [0.29, 0.717) is 0 Å². The van der Waals surface area contributed by atoms with Crippen LogP contribution in [0.4, 0.5) is 5.69 Å². The second kappa shape index (κ2) is 4.30. The average molecular weight is 217 g/mol. The summed E-state index contributed by atoms with van der Waals surface area (Å²) in [6.45, 7) is 4.03. The number of aromatic nitrogens is 4. The highest BCUT2D eigenvalue weighted by Gasteiger charge is 2.09. The van der Waals surface area contributed by atoms with E-state index in [1.807, 2.05) is 20.2 Å². The molecule has 2 rings (SSSR count). The lowest BCUT2D eigenvalue weighted by atomic mass is 10.2. The van der Waals surface area contributed by atoms with Crippen LogP contribution >= 0.6 is 0 Å². The first-order valence-corrected chi connectivity index (χ1v) is 5.19. The molecule has 0 saturated heterocycles. The molecule has 0 aliphatic carbocycles. The Balaban J connectivity index is 2.14. The zero-order valence-corrected chi connectivity index (χ0v) is 9.68. The van der Waals surface area contributed by atoms with Crippen molar-refractivity contribution >= 4 is 5.69 Å². The topological polar surface area (TPSA) is 55.6 Å². The number of hydrogen-bond acceptors (Lipinski definition) is 4. The molecule has 2 heterocycles. The zero-order valence-electron chi connectivity index (χ0n) is 9.68. The quantitative estimate of drug-likeness (QED) is 0.850. The van der Waals surface area contributed by atoms with Crippen LogP contribution in [-0.2, 0) is 7.05 Å². The van der Waals surface area contributed by atoms with Crippen LogP contribution in [0, 0.1) is 6.92 Å². The summed E-state index contributed by atoms with van der Waals surface area (Å²) in [4.78, 5) is 8.31. The maximum Gasteiger partial charge on any atom is 0.0825 e. The standard InChI is InChI=1S/C11H15N5/c1-8(10-6-12-4-5-13-10)14-11-7-16(3)15-9(11)2/h4-8,14H,1-3H3. The molecule has 1 unspecified atom stereocenters. The van der Waals surface area contributed by atoms with Crippen LogP contribution in [0.25, 0.3) is 0 Å². The molecule has 16 heavy (non-hydrogen) atoms. The molecule has 0 radical (unpaired) electrons. The molecule has 0 fully saturated rings. The number of aryl methyl sites for hydroxylation is 2. The molecule has 0 saturated carbocycles. The largest absolute Gasteiger partial charge is 0.374 e. The Labute approximate surface area is 94.5 Å². The molecule has 0 aliphatic rings. The van der Waals surface area contributed by atoms with Crippen LogP contribution < -0.4 is 5.32 Å². The summed E-state index contributed by atoms with van der Waals surface area (Å²) < 4.78 is 1.79. The fourth-order valence-corrected chi connectivity index (χ4v) is 1.58. The number of anilines is 1. The normalized spacial score (nSPS) is 12.4. The highest BCUT2D eigenvalue weighted by molar-refractivity contribution is 5.46. The van der Waals surface area contributed by atoms with Crippen molar-refractivity contribution in [2.45, 2.75) is 19.9 Å². The van der Waals surface area contributed by atoms with E-state index < -0.39 is 0 Å². The van der Waals surface area contributed by atoms with Crippen molar-refractivity contribution in [3.05, 3.63) is 36.2 Å². The van der Waals surface area contributed by atoms with Gasteiger partial charge in [-0.25, -0.2) is 0 Å². The fourth-order valence-electron chi connectivity index (χ4n) is 1.58. The SMILES string of the molecule is Cc1nn(C)cc1NC(C)c1cnccn1. The minimum Gasteiger partial charge on any atom is -0.374 e. The third-order valence-electron chi connectivity index (χ3n) is 2.41. The minimum absolute atomic E-state index is 0.122. The minimum atomic E-state index is 0.122. The Kier molecular flexibility index (Phi) is 2.85. The second-order valence-electron chi connectivity index (χ2n) is 3.80. The molecular formula is C11H15N5. The van der Waals surface area contributed by atoms with Gasteiger partial charge in [0.15, 0.2) is 0 Å². The summed E-state index contributed by atoms with van der Waals surface area (Å²) in [6, 6.07) is 0.122. The Morgan fingerprint density at radius 3 is 2.75 bits per heavy atom. The third kappa shape index (κ3) is 2.18. The van der Waals surface area contributed by atoms with Crippen LogP contribution in [0.3, 0.4) is 0 Å². The first-order chi connectivity index (χ1) is 7.66. The van der Waals surface area contributed by atoms with E-state index in [4.69, 9.17) is 0 Å². The summed E-state index contributed by atoms with van der Waals surface area (Å²) in [5, 5.41) is 7.64. The van der Waals surface area contributed by atoms with E-state index in [1.165, 1.54) is 0 Å². The monoisotopic (exact) mass is 217 g/mol. The lowest BCUT2D eigenvalue weighted by Crippen LogP contribution is -2.08. The van der Waals surface area contributed by atoms with Crippen molar-refractivity contribution in [3.8, 4) is 0 Å². The number of rotatable bonds is 3. The third-order valence-corrected chi connectivity index (χ3v) is 2.41. The molecule has 1 atom stereocenters. The molecular weight excluding hydrogens is 202 g/mol. The van der Waals surface area contributed by atoms with Gasteiger partial charge in [-0.05, 0) is 13.8 Å². The van der Waals surface area contributed by atoms with Crippen LogP contribution in [0.1, 0.15) is 24.4 Å². The van der Waals surface area contributed by atoms with E-state index in [-0.39, 0.29) is 6.04 Å². The van der Waals surface area contributed by atoms with Gasteiger partial charge in [-0.15, -0.1) is 0 Å². The Morgan fingerprint density at radius 2 is 2.19 bits per heavy atom. The van der Waals surface area contributed by atoms with Gasteiger partial charge in [0.25, 0.3) is 0 Å². The predicted molar refractivity (Wildman–Crippen MR) is 62.0 cm³/mol. The maximum atomic E-state index is 4.28. The molecule has 0 aliphatic heterocycles. The van der Waals surface area contributed by atoms with Crippen molar-refractivity contribution in [3.63, 3.8) is 0 Å². The van der Waals surface area contributed by atoms with Gasteiger partial charge in [-0.3, -0.25) is 14.6 Å². The molecule has 0 aromatic carbocycles. The molecule has 0 spiro atoms. The van der Waals surface area contributed by atoms with Gasteiger partial charge in [0.05, 0.1) is 29.3 Å². The van der Waals surface area contributed by atoms with E-state index in [0.717, 1.165) is 17.1 Å². The first kappa shape index (κ1) is 10.6. The van der Waals surface area contributed by atoms with Gasteiger partial charge >= 0.3 is 0 Å². The summed E-state index contributed by atoms with van der Waals surface area (Å²) in [5.41, 5.74) is 2.93. The fraction of sp³-hybridized carbons (Fsp3) is 0.364. The van der Waals surface area contributed by atoms with Gasteiger partial charge in [-0.2, -0.15) is 5.10 Å². The van der Waals surface area contributed by atoms with Crippen molar-refractivity contribution < 1.29 is 0 Å². The molecule has 0 bridgehead atoms. The van der Waals surface area contributed by atoms with Gasteiger partial charge in [0, 0.05) is 25.6 Å². The molecule has 1 N–H and O–H groups in total. The highest BCUT2D eigenvalue weighted by atomic mass is 15.3. The summed E-state index contributed by atoms with van der Waals surface area (Å²) in [5.74, 6) is 0. The van der Waals surface area contributed by atoms with Crippen molar-refractivity contribution in [1.82, 2.24) is 19.7 Å². The molecule has 0 amide bonds. The predicted octanol–water partition coefficient (Wildman–Crippen LogP) is 1.69. The smallest absolute Gasteiger partial charge is 0.0825 e. The van der Waals surface area contributed by atoms with Crippen LogP contribution in [0.2, 0.25) is 0 Å². The summed E-state index contributed by atoms with van der Waals surface area (Å²) in [7, 11) is 1.91. The number of nitrogens with one attached hydrogen (secondary N) is 1. The van der Waals surface area contributed by atoms with E-state index in [1.54, 1.807) is 23.3 Å². The van der Waals surface area contributed by atoms with Gasteiger partial charge < -0.3 is 5.32 Å². The van der Waals surface area contributed by atoms with Crippen molar-refractivity contribution in [2.24, 2.45) is 7.05 Å². The Morgan fingerprint density at radius 1 is 1.38 bits per heavy atom. The molecule has 84 valence electrons. The lowest BCUT2D eigenvalue weighted by Gasteiger charge is -2.12. The van der Waals surface area contributed by atoms with Crippen molar-refractivity contribution in [2.75, 3.05) is 5.32 Å². The number of nitrogens with zero attached hydrogens (tertiary/aromatic N) is 4.